The van der Waals surface area contributed by atoms with E-state index in [9.17, 15) is 4.79 Å². The summed E-state index contributed by atoms with van der Waals surface area (Å²) in [4.78, 5) is 16.7. The van der Waals surface area contributed by atoms with Gasteiger partial charge in [0.25, 0.3) is 5.91 Å². The number of nitrogens with one attached hydrogen (secondary N) is 1. The molecule has 1 amide bonds. The van der Waals surface area contributed by atoms with Gasteiger partial charge in [-0.3, -0.25) is 10.1 Å². The van der Waals surface area contributed by atoms with Gasteiger partial charge < -0.3 is 4.74 Å². The van der Waals surface area contributed by atoms with Gasteiger partial charge in [-0.25, -0.2) is 4.98 Å². The minimum atomic E-state index is -0.239. The van der Waals surface area contributed by atoms with E-state index in [1.54, 1.807) is 30.3 Å². The number of carbonyl (C=O) groups excluding carboxylic acids is 1. The number of benzene rings is 2. The van der Waals surface area contributed by atoms with Crippen LogP contribution < -0.4 is 10.1 Å². The van der Waals surface area contributed by atoms with Gasteiger partial charge in [-0.2, -0.15) is 0 Å². The van der Waals surface area contributed by atoms with Gasteiger partial charge >= 0.3 is 0 Å². The molecule has 0 fully saturated rings. The highest BCUT2D eigenvalue weighted by atomic mass is 35.5. The quantitative estimate of drug-likeness (QED) is 0.586. The SMILES string of the molecule is CC(C)COc1ccc(C(=O)Nc2nc3c(Cl)c(Cl)ccc3s2)cc1. The highest BCUT2D eigenvalue weighted by Crippen LogP contribution is 2.35. The number of anilines is 1. The maximum Gasteiger partial charge on any atom is 0.257 e. The van der Waals surface area contributed by atoms with E-state index < -0.39 is 0 Å². The molecule has 1 aromatic heterocycles. The Morgan fingerprint density at radius 2 is 1.92 bits per heavy atom. The number of ether oxygens (including phenoxy) is 1. The van der Waals surface area contributed by atoms with Crippen molar-refractivity contribution in [3.8, 4) is 5.75 Å². The second-order valence-corrected chi connectivity index (χ2v) is 7.73. The summed E-state index contributed by atoms with van der Waals surface area (Å²) in [7, 11) is 0. The van der Waals surface area contributed by atoms with Gasteiger partial charge in [0.1, 0.15) is 11.3 Å². The number of amides is 1. The number of hydrogen-bond donors (Lipinski definition) is 1. The van der Waals surface area contributed by atoms with Gasteiger partial charge in [-0.15, -0.1) is 0 Å². The lowest BCUT2D eigenvalue weighted by Gasteiger charge is -2.09. The van der Waals surface area contributed by atoms with Crippen LogP contribution in [0.25, 0.3) is 10.2 Å². The van der Waals surface area contributed by atoms with Crippen molar-refractivity contribution in [1.29, 1.82) is 0 Å². The standard InChI is InChI=1S/C18H16Cl2N2O2S/c1-10(2)9-24-12-5-3-11(4-6-12)17(23)22-18-21-16-14(25-18)8-7-13(19)15(16)20/h3-8,10H,9H2,1-2H3,(H,21,22,23). The summed E-state index contributed by atoms with van der Waals surface area (Å²) in [6.45, 7) is 4.80. The normalized spacial score (nSPS) is 11.1. The molecule has 1 heterocycles. The fraction of sp³-hybridized carbons (Fsp3) is 0.222. The maximum atomic E-state index is 12.4. The first kappa shape index (κ1) is 18.0. The van der Waals surface area contributed by atoms with Crippen molar-refractivity contribution in [2.45, 2.75) is 13.8 Å². The molecule has 0 saturated carbocycles. The minimum absolute atomic E-state index is 0.239. The van der Waals surface area contributed by atoms with E-state index in [1.165, 1.54) is 11.3 Å². The van der Waals surface area contributed by atoms with Crippen LogP contribution >= 0.6 is 34.5 Å². The summed E-state index contributed by atoms with van der Waals surface area (Å²) in [5.74, 6) is 0.950. The Labute approximate surface area is 159 Å². The molecule has 0 atom stereocenters. The Morgan fingerprint density at radius 1 is 1.20 bits per heavy atom. The summed E-state index contributed by atoms with van der Waals surface area (Å²) < 4.78 is 6.48. The van der Waals surface area contributed by atoms with Crippen LogP contribution in [0.15, 0.2) is 36.4 Å². The molecular formula is C18H16Cl2N2O2S. The molecule has 4 nitrogen and oxygen atoms in total. The molecule has 7 heteroatoms. The molecule has 0 saturated heterocycles. The third kappa shape index (κ3) is 4.24. The van der Waals surface area contributed by atoms with Crippen molar-refractivity contribution in [2.75, 3.05) is 11.9 Å². The molecule has 0 unspecified atom stereocenters. The van der Waals surface area contributed by atoms with E-state index in [0.717, 1.165) is 10.4 Å². The molecule has 2 aromatic carbocycles. The van der Waals surface area contributed by atoms with Crippen molar-refractivity contribution in [3.63, 3.8) is 0 Å². The first-order valence-corrected chi connectivity index (χ1v) is 9.30. The number of hydrogen-bond acceptors (Lipinski definition) is 4. The van der Waals surface area contributed by atoms with Gasteiger partial charge in [0.05, 0.1) is 21.4 Å². The third-order valence-electron chi connectivity index (χ3n) is 3.37. The van der Waals surface area contributed by atoms with Crippen LogP contribution in [0, 0.1) is 5.92 Å². The minimum Gasteiger partial charge on any atom is -0.493 e. The molecule has 3 rings (SSSR count). The van der Waals surface area contributed by atoms with Gasteiger partial charge in [0, 0.05) is 5.56 Å². The number of nitrogens with zero attached hydrogens (tertiary/aromatic N) is 1. The van der Waals surface area contributed by atoms with E-state index in [-0.39, 0.29) is 5.91 Å². The Bertz CT molecular complexity index is 907. The number of aromatic nitrogens is 1. The third-order valence-corrected chi connectivity index (χ3v) is 5.10. The molecule has 25 heavy (non-hydrogen) atoms. The predicted octanol–water partition coefficient (Wildman–Crippen LogP) is 5.89. The Balaban J connectivity index is 1.72. The highest BCUT2D eigenvalue weighted by Gasteiger charge is 2.13. The van der Waals surface area contributed by atoms with Gasteiger partial charge in [-0.05, 0) is 42.3 Å². The lowest BCUT2D eigenvalue weighted by Crippen LogP contribution is -2.11. The van der Waals surface area contributed by atoms with Gasteiger partial charge in [0.2, 0.25) is 0 Å². The molecule has 130 valence electrons. The zero-order valence-corrected chi connectivity index (χ0v) is 16.0. The molecule has 0 spiro atoms. The summed E-state index contributed by atoms with van der Waals surface area (Å²) in [6.07, 6.45) is 0. The number of fused-ring (bicyclic) bond motifs is 1. The van der Waals surface area contributed by atoms with E-state index in [2.05, 4.69) is 24.1 Å². The van der Waals surface area contributed by atoms with Crippen molar-refractivity contribution >= 4 is 55.8 Å². The second-order valence-electron chi connectivity index (χ2n) is 5.91. The van der Waals surface area contributed by atoms with Crippen molar-refractivity contribution in [1.82, 2.24) is 4.98 Å². The molecule has 1 N–H and O–H groups in total. The number of carbonyl (C=O) groups is 1. The fourth-order valence-electron chi connectivity index (χ4n) is 2.13. The average molecular weight is 395 g/mol. The van der Waals surface area contributed by atoms with Crippen molar-refractivity contribution in [2.24, 2.45) is 5.92 Å². The van der Waals surface area contributed by atoms with Crippen LogP contribution in [0.4, 0.5) is 5.13 Å². The molecular weight excluding hydrogens is 379 g/mol. The molecule has 0 aliphatic carbocycles. The van der Waals surface area contributed by atoms with E-state index in [4.69, 9.17) is 27.9 Å². The summed E-state index contributed by atoms with van der Waals surface area (Å²) in [6, 6.07) is 10.6. The zero-order valence-electron chi connectivity index (χ0n) is 13.7. The zero-order chi connectivity index (χ0) is 18.0. The Morgan fingerprint density at radius 3 is 2.60 bits per heavy atom. The van der Waals surface area contributed by atoms with E-state index in [0.29, 0.717) is 38.8 Å². The largest absolute Gasteiger partial charge is 0.493 e. The molecule has 0 bridgehead atoms. The van der Waals surface area contributed by atoms with Gasteiger partial charge in [0.15, 0.2) is 5.13 Å². The van der Waals surface area contributed by atoms with Crippen LogP contribution in [0.3, 0.4) is 0 Å². The Kier molecular flexibility index (Phi) is 5.47. The lowest BCUT2D eigenvalue weighted by molar-refractivity contribution is 0.102. The summed E-state index contributed by atoms with van der Waals surface area (Å²) >= 11 is 13.5. The topological polar surface area (TPSA) is 51.2 Å². The van der Waals surface area contributed by atoms with Crippen molar-refractivity contribution in [3.05, 3.63) is 52.0 Å². The monoisotopic (exact) mass is 394 g/mol. The van der Waals surface area contributed by atoms with E-state index >= 15 is 0 Å². The highest BCUT2D eigenvalue weighted by molar-refractivity contribution is 7.22. The summed E-state index contributed by atoms with van der Waals surface area (Å²) in [5.41, 5.74) is 1.12. The summed E-state index contributed by atoms with van der Waals surface area (Å²) in [5, 5.41) is 4.10. The molecule has 0 aliphatic rings. The average Bonchev–Trinajstić information content (AvgIpc) is 3.00. The van der Waals surface area contributed by atoms with Crippen LogP contribution in [-0.4, -0.2) is 17.5 Å². The van der Waals surface area contributed by atoms with Crippen LogP contribution in [-0.2, 0) is 0 Å². The molecule has 3 aromatic rings. The van der Waals surface area contributed by atoms with Crippen LogP contribution in [0.2, 0.25) is 10.0 Å². The van der Waals surface area contributed by atoms with E-state index in [1.807, 2.05) is 6.07 Å². The predicted molar refractivity (Wildman–Crippen MR) is 104 cm³/mol. The maximum absolute atomic E-state index is 12.4. The van der Waals surface area contributed by atoms with Gasteiger partial charge in [-0.1, -0.05) is 48.4 Å². The van der Waals surface area contributed by atoms with Crippen LogP contribution in [0.1, 0.15) is 24.2 Å². The first-order valence-electron chi connectivity index (χ1n) is 7.73. The smallest absolute Gasteiger partial charge is 0.257 e. The first-order chi connectivity index (χ1) is 11.9. The Hall–Kier alpha value is -1.82. The molecule has 0 radical (unpaired) electrons. The number of thiazole rings is 1. The lowest BCUT2D eigenvalue weighted by atomic mass is 10.2. The number of halogens is 2. The number of rotatable bonds is 5. The fourth-order valence-corrected chi connectivity index (χ4v) is 3.41. The molecule has 0 aliphatic heterocycles. The van der Waals surface area contributed by atoms with Crippen LogP contribution in [0.5, 0.6) is 5.75 Å². The van der Waals surface area contributed by atoms with Crippen molar-refractivity contribution < 1.29 is 9.53 Å². The second kappa shape index (κ2) is 7.60.